The predicted octanol–water partition coefficient (Wildman–Crippen LogP) is 2.99. The Morgan fingerprint density at radius 3 is 2.63 bits per heavy atom. The van der Waals surface area contributed by atoms with E-state index in [9.17, 15) is 4.39 Å². The number of rotatable bonds is 4. The summed E-state index contributed by atoms with van der Waals surface area (Å²) in [5.74, 6) is -0.278. The van der Waals surface area contributed by atoms with Crippen LogP contribution in [-0.2, 0) is 0 Å². The van der Waals surface area contributed by atoms with Crippen molar-refractivity contribution in [1.29, 1.82) is 5.26 Å². The van der Waals surface area contributed by atoms with Gasteiger partial charge in [-0.15, -0.1) is 0 Å². The molecule has 0 spiro atoms. The summed E-state index contributed by atoms with van der Waals surface area (Å²) in [5, 5.41) is 8.69. The van der Waals surface area contributed by atoms with Gasteiger partial charge in [0.05, 0.1) is 18.2 Å². The lowest BCUT2D eigenvalue weighted by atomic mass is 9.75. The van der Waals surface area contributed by atoms with Crippen molar-refractivity contribution in [3.8, 4) is 11.8 Å². The van der Waals surface area contributed by atoms with Gasteiger partial charge in [0.1, 0.15) is 0 Å². The van der Waals surface area contributed by atoms with Gasteiger partial charge >= 0.3 is 0 Å². The number of nitriles is 1. The maximum absolute atomic E-state index is 13.7. The Balaban J connectivity index is 2.03. The Bertz CT molecular complexity index is 476. The molecular weight excluding hydrogens is 243 g/mol. The lowest BCUT2D eigenvalue weighted by Crippen LogP contribution is -2.38. The van der Waals surface area contributed by atoms with E-state index in [1.165, 1.54) is 18.6 Å². The van der Waals surface area contributed by atoms with Gasteiger partial charge < -0.3 is 10.5 Å². The normalized spacial score (nSPS) is 17.7. The van der Waals surface area contributed by atoms with Crippen LogP contribution in [0.15, 0.2) is 18.2 Å². The van der Waals surface area contributed by atoms with Crippen LogP contribution in [0.2, 0.25) is 0 Å². The average Bonchev–Trinajstić information content (AvgIpc) is 2.47. The van der Waals surface area contributed by atoms with Crippen molar-refractivity contribution in [1.82, 2.24) is 0 Å². The van der Waals surface area contributed by atoms with Gasteiger partial charge in [0, 0.05) is 12.0 Å². The van der Waals surface area contributed by atoms with E-state index in [1.807, 2.05) is 6.07 Å². The minimum atomic E-state index is -0.484. The molecular formula is C15H19FN2O. The molecule has 0 amide bonds. The summed E-state index contributed by atoms with van der Waals surface area (Å²) in [4.78, 5) is 0. The fourth-order valence-corrected chi connectivity index (χ4v) is 2.63. The van der Waals surface area contributed by atoms with Gasteiger partial charge in [-0.1, -0.05) is 19.3 Å². The number of benzene rings is 1. The van der Waals surface area contributed by atoms with Crippen LogP contribution in [0, 0.1) is 22.6 Å². The highest BCUT2D eigenvalue weighted by molar-refractivity contribution is 5.36. The molecule has 0 radical (unpaired) electrons. The number of hydrogen-bond acceptors (Lipinski definition) is 3. The second-order valence-corrected chi connectivity index (χ2v) is 5.31. The second-order valence-electron chi connectivity index (χ2n) is 5.31. The molecule has 0 unspecified atom stereocenters. The summed E-state index contributed by atoms with van der Waals surface area (Å²) in [6, 6.07) is 6.18. The second kappa shape index (κ2) is 6.03. The van der Waals surface area contributed by atoms with E-state index in [0.29, 0.717) is 18.7 Å². The molecule has 0 bridgehead atoms. The number of halogens is 1. The van der Waals surface area contributed by atoms with Crippen molar-refractivity contribution in [2.75, 3.05) is 13.2 Å². The third-order valence-electron chi connectivity index (χ3n) is 3.94. The predicted molar refractivity (Wildman–Crippen MR) is 71.2 cm³/mol. The molecule has 0 heterocycles. The molecule has 2 rings (SSSR count). The standard InChI is InChI=1S/C15H19FN2O/c16-13-8-12(9-17)4-5-14(13)19-11-15(10-18)6-2-1-3-7-15/h4-5,8H,1-3,6-7,10-11,18H2. The van der Waals surface area contributed by atoms with E-state index in [0.717, 1.165) is 25.7 Å². The van der Waals surface area contributed by atoms with Crippen LogP contribution in [0.25, 0.3) is 0 Å². The smallest absolute Gasteiger partial charge is 0.166 e. The van der Waals surface area contributed by atoms with Gasteiger partial charge in [-0.25, -0.2) is 4.39 Å². The van der Waals surface area contributed by atoms with Crippen molar-refractivity contribution in [2.45, 2.75) is 32.1 Å². The van der Waals surface area contributed by atoms with E-state index in [2.05, 4.69) is 0 Å². The van der Waals surface area contributed by atoms with E-state index in [1.54, 1.807) is 6.07 Å². The Morgan fingerprint density at radius 1 is 1.32 bits per heavy atom. The molecule has 0 saturated heterocycles. The molecule has 2 N–H and O–H groups in total. The van der Waals surface area contributed by atoms with E-state index in [-0.39, 0.29) is 11.2 Å². The van der Waals surface area contributed by atoms with Crippen molar-refractivity contribution < 1.29 is 9.13 Å². The van der Waals surface area contributed by atoms with E-state index >= 15 is 0 Å². The van der Waals surface area contributed by atoms with Gasteiger partial charge in [-0.2, -0.15) is 5.26 Å². The van der Waals surface area contributed by atoms with E-state index in [4.69, 9.17) is 15.7 Å². The van der Waals surface area contributed by atoms with Crippen LogP contribution in [-0.4, -0.2) is 13.2 Å². The maximum Gasteiger partial charge on any atom is 0.166 e. The van der Waals surface area contributed by atoms with Crippen molar-refractivity contribution in [3.63, 3.8) is 0 Å². The zero-order valence-electron chi connectivity index (χ0n) is 11.0. The van der Waals surface area contributed by atoms with Crippen LogP contribution in [0.5, 0.6) is 5.75 Å². The third-order valence-corrected chi connectivity index (χ3v) is 3.94. The summed E-state index contributed by atoms with van der Waals surface area (Å²) in [6.07, 6.45) is 5.66. The molecule has 3 nitrogen and oxygen atoms in total. The zero-order valence-corrected chi connectivity index (χ0v) is 11.0. The van der Waals surface area contributed by atoms with Gasteiger partial charge in [0.2, 0.25) is 0 Å². The summed E-state index contributed by atoms with van der Waals surface area (Å²) >= 11 is 0. The molecule has 1 aliphatic carbocycles. The lowest BCUT2D eigenvalue weighted by Gasteiger charge is -2.35. The first-order valence-corrected chi connectivity index (χ1v) is 6.72. The Morgan fingerprint density at radius 2 is 2.05 bits per heavy atom. The number of hydrogen-bond donors (Lipinski definition) is 1. The highest BCUT2D eigenvalue weighted by Gasteiger charge is 2.31. The van der Waals surface area contributed by atoms with Crippen molar-refractivity contribution in [3.05, 3.63) is 29.6 Å². The Labute approximate surface area is 113 Å². The minimum absolute atomic E-state index is 0.0153. The van der Waals surface area contributed by atoms with Gasteiger partial charge in [0.25, 0.3) is 0 Å². The first kappa shape index (κ1) is 13.8. The molecule has 1 saturated carbocycles. The molecule has 1 aromatic rings. The van der Waals surface area contributed by atoms with Crippen LogP contribution in [0.1, 0.15) is 37.7 Å². The molecule has 4 heteroatoms. The number of ether oxygens (including phenoxy) is 1. The molecule has 1 fully saturated rings. The third kappa shape index (κ3) is 3.24. The number of nitrogens with zero attached hydrogens (tertiary/aromatic N) is 1. The summed E-state index contributed by atoms with van der Waals surface area (Å²) in [7, 11) is 0. The van der Waals surface area contributed by atoms with Gasteiger partial charge in [0.15, 0.2) is 11.6 Å². The lowest BCUT2D eigenvalue weighted by molar-refractivity contribution is 0.102. The average molecular weight is 262 g/mol. The Kier molecular flexibility index (Phi) is 4.39. The molecule has 0 atom stereocenters. The maximum atomic E-state index is 13.7. The monoisotopic (exact) mass is 262 g/mol. The molecule has 0 aromatic heterocycles. The summed E-state index contributed by atoms with van der Waals surface area (Å²) < 4.78 is 19.3. The van der Waals surface area contributed by atoms with Crippen LogP contribution >= 0.6 is 0 Å². The fraction of sp³-hybridized carbons (Fsp3) is 0.533. The highest BCUT2D eigenvalue weighted by Crippen LogP contribution is 2.36. The first-order valence-electron chi connectivity index (χ1n) is 6.72. The summed E-state index contributed by atoms with van der Waals surface area (Å²) in [5.41, 5.74) is 6.16. The summed E-state index contributed by atoms with van der Waals surface area (Å²) in [6.45, 7) is 1.03. The quantitative estimate of drug-likeness (QED) is 0.907. The molecule has 19 heavy (non-hydrogen) atoms. The topological polar surface area (TPSA) is 59.0 Å². The van der Waals surface area contributed by atoms with Crippen molar-refractivity contribution in [2.24, 2.45) is 11.1 Å². The Hall–Kier alpha value is -1.60. The van der Waals surface area contributed by atoms with Gasteiger partial charge in [-0.05, 0) is 31.0 Å². The molecule has 1 aromatic carbocycles. The van der Waals surface area contributed by atoms with Crippen LogP contribution < -0.4 is 10.5 Å². The van der Waals surface area contributed by atoms with Gasteiger partial charge in [-0.3, -0.25) is 0 Å². The largest absolute Gasteiger partial charge is 0.490 e. The SMILES string of the molecule is N#Cc1ccc(OCC2(CN)CCCCC2)c(F)c1. The highest BCUT2D eigenvalue weighted by atomic mass is 19.1. The van der Waals surface area contributed by atoms with Crippen LogP contribution in [0.3, 0.4) is 0 Å². The molecule has 102 valence electrons. The van der Waals surface area contributed by atoms with Crippen molar-refractivity contribution >= 4 is 0 Å². The molecule has 1 aliphatic rings. The number of nitrogens with two attached hydrogens (primary N) is 1. The zero-order chi connectivity index (χ0) is 13.7. The fourth-order valence-electron chi connectivity index (χ4n) is 2.63. The minimum Gasteiger partial charge on any atom is -0.490 e. The first-order chi connectivity index (χ1) is 9.19. The molecule has 0 aliphatic heterocycles. The van der Waals surface area contributed by atoms with E-state index < -0.39 is 5.82 Å². The van der Waals surface area contributed by atoms with Crippen LogP contribution in [0.4, 0.5) is 4.39 Å².